The van der Waals surface area contributed by atoms with Crippen molar-refractivity contribution in [2.45, 2.75) is 116 Å². The summed E-state index contributed by atoms with van der Waals surface area (Å²) in [6, 6.07) is 17.7. The van der Waals surface area contributed by atoms with Crippen molar-refractivity contribution in [2.24, 2.45) is 0 Å². The third-order valence-corrected chi connectivity index (χ3v) is 17.1. The van der Waals surface area contributed by atoms with Crippen LogP contribution in [0, 0.1) is 13.8 Å². The molecule has 2 aliphatic heterocycles. The number of carbonyl (C=O) groups excluding carboxylic acids is 1. The first-order valence-electron chi connectivity index (χ1n) is 28.1. The van der Waals surface area contributed by atoms with Gasteiger partial charge in [0.2, 0.25) is 11.6 Å². The molecule has 1 radical (unpaired) electrons. The number of amides is 1. The van der Waals surface area contributed by atoms with E-state index in [1.165, 1.54) is 18.5 Å². The summed E-state index contributed by atoms with van der Waals surface area (Å²) >= 11 is 0. The Kier molecular flexibility index (Phi) is 23.7. The van der Waals surface area contributed by atoms with Crippen LogP contribution in [0.1, 0.15) is 117 Å². The smallest absolute Gasteiger partial charge is 0.326 e. The van der Waals surface area contributed by atoms with Crippen LogP contribution in [0.4, 0.5) is 23.0 Å². The zero-order valence-corrected chi connectivity index (χ0v) is 57.0. The van der Waals surface area contributed by atoms with Crippen LogP contribution in [0.5, 0.6) is 0 Å². The largest absolute Gasteiger partial charge is 0.748 e. The SMILES string of the molecule is C=[13CH]/[13C](=[13CH]\[13CH]=[13CH]\OC1=C(/C=C/C2=[N+](CCCCS(=O)(=O)[O-])c3ccc(C)cc3C2(C)C)CCC/C1=C\C=C1\N(CCCCS(=O)(=O)O)c2ccc(C)cc2C1(C)C)[13CH2][13C@H](NC(=O)c1ccc(NCc2cnc3nc(N)[nH]c(=O)c3n2)cc1)[13C](=O)O.[W].[Y]. The van der Waals surface area contributed by atoms with Crippen molar-refractivity contribution >= 4 is 72.0 Å². The van der Waals surface area contributed by atoms with Gasteiger partial charge in [0.1, 0.15) is 18.3 Å². The summed E-state index contributed by atoms with van der Waals surface area (Å²) in [5.41, 5.74) is 16.5. The van der Waals surface area contributed by atoms with Gasteiger partial charge in [-0.05, 0) is 143 Å². The van der Waals surface area contributed by atoms with Gasteiger partial charge in [-0.3, -0.25) is 19.1 Å². The van der Waals surface area contributed by atoms with Gasteiger partial charge in [-0.1, -0.05) is 68.0 Å². The summed E-state index contributed by atoms with van der Waals surface area (Å²) < 4.78 is 76.4. The van der Waals surface area contributed by atoms with Crippen molar-refractivity contribution in [3.8, 4) is 0 Å². The molecule has 1 amide bonds. The quantitative estimate of drug-likeness (QED) is 0.00791. The predicted octanol–water partition coefficient (Wildman–Crippen LogP) is 9.41. The van der Waals surface area contributed by atoms with Gasteiger partial charge in [-0.25, -0.2) is 23.2 Å². The van der Waals surface area contributed by atoms with Crippen LogP contribution in [0.3, 0.4) is 0 Å². The number of carbonyl (C=O) groups is 2. The average Bonchev–Trinajstić information content (AvgIpc) is 1.69. The fourth-order valence-corrected chi connectivity index (χ4v) is 12.2. The number of aromatic nitrogens is 4. The molecule has 8 rings (SSSR count). The van der Waals surface area contributed by atoms with Crippen molar-refractivity contribution in [3.05, 3.63) is 194 Å². The molecular formula is C63H73N9O11S2WY. The Labute approximate surface area is 547 Å². The number of nitrogen functional groups attached to an aromatic ring is 1. The Bertz CT molecular complexity index is 3960. The Morgan fingerprint density at radius 1 is 0.931 bits per heavy atom. The number of aliphatic carboxylic acids is 1. The second kappa shape index (κ2) is 29.7. The van der Waals surface area contributed by atoms with E-state index in [-0.39, 0.29) is 108 Å². The standard InChI is InChI=1S/C63H73N9O11S2.W.Y/c1-8-42(37-50(60(75)76)68-58(73)45-20-24-46(25-21-45)65-38-47-39-66-57-55(67-47)59(74)70-61(64)69-57)15-14-32-83-56-43(22-28-53-62(4,5)48-35-40(2)18-26-51(48)71(53)30-9-11-33-84(77,78)79)16-13-17-44(56)23-29-54-63(6,7)49-36-41(3)19-27-52(49)72(54)31-10-12-34-85(80,81)82;;/h8,14-15,18-29,32,35-36,39,50H,1,9-13,16-17,30-31,33-34,37-38H2,2-7H3,(H7-,64,65,66,68,69,70,73,74,75,76,77,78,79,80,81,82);;/b32-14+,42-15+;;/t50-;;/m0../s1/i8+1,14+1,15+1,32+1,37+1,42+1,50+1,60+1;;. The third kappa shape index (κ3) is 17.6. The first-order valence-corrected chi connectivity index (χ1v) is 31.3. The molecule has 0 fully saturated rings. The number of ether oxygens (including phenoxy) is 1. The van der Waals surface area contributed by atoms with Crippen LogP contribution < -0.4 is 26.8 Å². The van der Waals surface area contributed by atoms with Crippen molar-refractivity contribution in [1.82, 2.24) is 25.3 Å². The molecule has 4 heterocycles. The number of allylic oxidation sites excluding steroid dienone is 10. The molecule has 1 aliphatic carbocycles. The molecule has 87 heavy (non-hydrogen) atoms. The third-order valence-electron chi connectivity index (χ3n) is 15.5. The van der Waals surface area contributed by atoms with Crippen LogP contribution in [-0.4, -0.2) is 104 Å². The van der Waals surface area contributed by atoms with E-state index in [4.69, 9.17) is 10.5 Å². The van der Waals surface area contributed by atoms with Gasteiger partial charge in [-0.2, -0.15) is 18.0 Å². The van der Waals surface area contributed by atoms with Crippen LogP contribution in [0.15, 0.2) is 155 Å². The number of nitrogens with one attached hydrogen (secondary N) is 3. The van der Waals surface area contributed by atoms with Crippen molar-refractivity contribution in [2.75, 3.05) is 40.5 Å². The summed E-state index contributed by atoms with van der Waals surface area (Å²) in [6.45, 7) is 17.9. The topological polar surface area (TPSA) is 303 Å². The first-order chi connectivity index (χ1) is 40.2. The van der Waals surface area contributed by atoms with Crippen molar-refractivity contribution in [3.63, 3.8) is 0 Å². The minimum Gasteiger partial charge on any atom is -0.748 e. The molecule has 0 spiro atoms. The van der Waals surface area contributed by atoms with Crippen molar-refractivity contribution in [1.29, 1.82) is 0 Å². The molecule has 0 saturated carbocycles. The monoisotopic (exact) mass is 1480 g/mol. The second-order valence-electron chi connectivity index (χ2n) is 22.6. The fraction of sp³-hybridized carbons (Fsp3) is 0.349. The number of carboxylic acid groups (broad SMARTS) is 1. The first kappa shape index (κ1) is 69.6. The van der Waals surface area contributed by atoms with Gasteiger partial charge in [0.15, 0.2) is 16.9 Å². The molecule has 3 aromatic carbocycles. The number of fused-ring (bicyclic) bond motifs is 3. The minimum atomic E-state index is -4.37. The second-order valence-corrected chi connectivity index (χ2v) is 25.7. The number of hydrogen-bond donors (Lipinski definition) is 6. The maximum Gasteiger partial charge on any atom is 0.326 e. The normalized spacial score (nSPS) is 16.9. The molecule has 0 saturated heterocycles. The minimum absolute atomic E-state index is 0. The van der Waals surface area contributed by atoms with Crippen LogP contribution in [0.25, 0.3) is 11.2 Å². The van der Waals surface area contributed by atoms with E-state index in [2.05, 4.69) is 135 Å². The zero-order chi connectivity index (χ0) is 61.4. The Hall–Kier alpha value is -6.52. The summed E-state index contributed by atoms with van der Waals surface area (Å²) in [7, 11) is -8.50. The molecule has 20 nitrogen and oxygen atoms in total. The molecule has 457 valence electrons. The van der Waals surface area contributed by atoms with Gasteiger partial charge < -0.3 is 35.7 Å². The summed E-state index contributed by atoms with van der Waals surface area (Å²) in [5.74, 6) is -2.09. The summed E-state index contributed by atoms with van der Waals surface area (Å²) in [4.78, 5) is 55.5. The van der Waals surface area contributed by atoms with Gasteiger partial charge in [0, 0.05) is 125 Å². The molecule has 5 aromatic rings. The Morgan fingerprint density at radius 3 is 2.32 bits per heavy atom. The number of hydrogen-bond acceptors (Lipinski definition) is 15. The number of aryl methyl sites for hydroxylation is 2. The van der Waals surface area contributed by atoms with Crippen LogP contribution in [-0.2, 0) is 101 Å². The number of benzene rings is 3. The Morgan fingerprint density at radius 2 is 1.63 bits per heavy atom. The summed E-state index contributed by atoms with van der Waals surface area (Å²) in [6.07, 6.45) is 19.7. The van der Waals surface area contributed by atoms with E-state index >= 15 is 0 Å². The van der Waals surface area contributed by atoms with Crippen LogP contribution in [0.2, 0.25) is 0 Å². The number of unbranched alkanes of at least 4 members (excludes halogenated alkanes) is 2. The molecule has 7 N–H and O–H groups in total. The Balaban J connectivity index is 0.00000605. The van der Waals surface area contributed by atoms with E-state index in [9.17, 15) is 45.4 Å². The number of nitrogens with two attached hydrogens (primary N) is 1. The van der Waals surface area contributed by atoms with E-state index in [0.29, 0.717) is 61.5 Å². The molecule has 0 bridgehead atoms. The summed E-state index contributed by atoms with van der Waals surface area (Å²) in [5, 5.41) is 16.1. The molecule has 24 heteroatoms. The predicted molar refractivity (Wildman–Crippen MR) is 329 cm³/mol. The maximum absolute atomic E-state index is 13.5. The van der Waals surface area contributed by atoms with E-state index < -0.39 is 60.3 Å². The number of anilines is 3. The van der Waals surface area contributed by atoms with Crippen LogP contribution >= 0.6 is 0 Å². The number of aromatic amines is 1. The fourth-order valence-electron chi connectivity index (χ4n) is 11.0. The molecule has 2 aromatic heterocycles. The molecule has 0 unspecified atom stereocenters. The molecule has 1 atom stereocenters. The van der Waals surface area contributed by atoms with Gasteiger partial charge in [0.25, 0.3) is 21.6 Å². The van der Waals surface area contributed by atoms with Gasteiger partial charge in [-0.15, -0.1) is 0 Å². The number of rotatable bonds is 25. The maximum atomic E-state index is 13.5. The number of carboxylic acids is 1. The number of H-pyrrole nitrogens is 1. The van der Waals surface area contributed by atoms with E-state index in [1.807, 2.05) is 13.8 Å². The zero-order valence-electron chi connectivity index (χ0n) is 49.6. The number of nitrogens with zero attached hydrogens (tertiary/aromatic N) is 5. The van der Waals surface area contributed by atoms with Crippen molar-refractivity contribution < 1.29 is 104 Å². The molecule has 3 aliphatic rings. The van der Waals surface area contributed by atoms with E-state index in [0.717, 1.165) is 62.6 Å². The van der Waals surface area contributed by atoms with Gasteiger partial charge in [0.05, 0.1) is 46.0 Å². The van der Waals surface area contributed by atoms with E-state index in [1.54, 1.807) is 36.4 Å². The van der Waals surface area contributed by atoms with Gasteiger partial charge >= 0.3 is 5.97 Å². The average molecular weight is 1480 g/mol. The molecular weight excluding hydrogens is 1400 g/mol.